The number of hydrogen-bond acceptors (Lipinski definition) is 3. The summed E-state index contributed by atoms with van der Waals surface area (Å²) in [7, 11) is 0. The second kappa shape index (κ2) is 9.89. The first-order valence-electron chi connectivity index (χ1n) is 9.06. The molecule has 2 amide bonds. The molecule has 1 atom stereocenters. The van der Waals surface area contributed by atoms with E-state index >= 15 is 0 Å². The molecule has 29 heavy (non-hydrogen) atoms. The molecule has 0 radical (unpaired) electrons. The highest BCUT2D eigenvalue weighted by Crippen LogP contribution is 2.13. The molecule has 2 rings (SSSR count). The molecule has 0 aliphatic carbocycles. The Hall–Kier alpha value is -3.12. The van der Waals surface area contributed by atoms with Crippen molar-refractivity contribution >= 4 is 35.5 Å². The maximum atomic E-state index is 12.8. The molecular weight excluding hydrogens is 392 g/mol. The Kier molecular flexibility index (Phi) is 7.56. The highest BCUT2D eigenvalue weighted by atomic mass is 35.5. The standard InChI is InChI=1S/C22H23ClN2O4/c1-13(2)19(22(28)29)25-21(27)18(12-15-6-10-17(23)11-7-15)24-20(26)16-8-4-14(3)5-9-16/h4-13,19H,1-3H3,(H,24,26)(H,25,27)(H,28,29)/b18-12+. The Labute approximate surface area is 174 Å². The van der Waals surface area contributed by atoms with Gasteiger partial charge in [-0.2, -0.15) is 0 Å². The summed E-state index contributed by atoms with van der Waals surface area (Å²) in [5.41, 5.74) is 1.94. The lowest BCUT2D eigenvalue weighted by molar-refractivity contribution is -0.142. The molecule has 2 aromatic carbocycles. The summed E-state index contributed by atoms with van der Waals surface area (Å²) in [4.78, 5) is 36.8. The summed E-state index contributed by atoms with van der Waals surface area (Å²) in [6.45, 7) is 5.28. The van der Waals surface area contributed by atoms with Crippen molar-refractivity contribution in [3.8, 4) is 0 Å². The van der Waals surface area contributed by atoms with E-state index in [1.54, 1.807) is 62.4 Å². The molecule has 152 valence electrons. The average Bonchev–Trinajstić information content (AvgIpc) is 2.67. The van der Waals surface area contributed by atoms with E-state index in [9.17, 15) is 19.5 Å². The van der Waals surface area contributed by atoms with Gasteiger partial charge in [0.25, 0.3) is 11.8 Å². The van der Waals surface area contributed by atoms with Gasteiger partial charge in [-0.15, -0.1) is 0 Å². The number of carboxylic acids is 1. The third-order valence-electron chi connectivity index (χ3n) is 4.21. The van der Waals surface area contributed by atoms with E-state index in [0.717, 1.165) is 5.56 Å². The summed E-state index contributed by atoms with van der Waals surface area (Å²) >= 11 is 5.89. The number of carboxylic acid groups (broad SMARTS) is 1. The highest BCUT2D eigenvalue weighted by molar-refractivity contribution is 6.30. The van der Waals surface area contributed by atoms with Crippen molar-refractivity contribution in [1.29, 1.82) is 0 Å². The van der Waals surface area contributed by atoms with Crippen LogP contribution < -0.4 is 10.6 Å². The van der Waals surface area contributed by atoms with Crippen LogP contribution in [-0.2, 0) is 9.59 Å². The number of nitrogens with one attached hydrogen (secondary N) is 2. The zero-order chi connectivity index (χ0) is 21.6. The lowest BCUT2D eigenvalue weighted by Crippen LogP contribution is -2.47. The van der Waals surface area contributed by atoms with Gasteiger partial charge in [0.1, 0.15) is 11.7 Å². The van der Waals surface area contributed by atoms with Crippen LogP contribution in [0.25, 0.3) is 6.08 Å². The van der Waals surface area contributed by atoms with Crippen molar-refractivity contribution in [2.75, 3.05) is 0 Å². The van der Waals surface area contributed by atoms with E-state index in [1.165, 1.54) is 6.08 Å². The molecule has 1 unspecified atom stereocenters. The lowest BCUT2D eigenvalue weighted by atomic mass is 10.0. The zero-order valence-electron chi connectivity index (χ0n) is 16.4. The molecule has 0 aliphatic heterocycles. The van der Waals surface area contributed by atoms with Gasteiger partial charge in [0.2, 0.25) is 0 Å². The first-order chi connectivity index (χ1) is 13.7. The van der Waals surface area contributed by atoms with Gasteiger partial charge in [-0.3, -0.25) is 9.59 Å². The number of halogens is 1. The van der Waals surface area contributed by atoms with Crippen LogP contribution in [0.2, 0.25) is 5.02 Å². The third kappa shape index (κ3) is 6.47. The van der Waals surface area contributed by atoms with E-state index in [1.807, 2.05) is 6.92 Å². The minimum Gasteiger partial charge on any atom is -0.480 e. The van der Waals surface area contributed by atoms with Crippen molar-refractivity contribution in [2.24, 2.45) is 5.92 Å². The lowest BCUT2D eigenvalue weighted by Gasteiger charge is -2.19. The molecule has 2 aromatic rings. The normalized spacial score (nSPS) is 12.4. The van der Waals surface area contributed by atoms with Crippen molar-refractivity contribution < 1.29 is 19.5 Å². The Morgan fingerprint density at radius 2 is 1.59 bits per heavy atom. The largest absolute Gasteiger partial charge is 0.480 e. The first kappa shape index (κ1) is 22.2. The molecule has 0 saturated carbocycles. The smallest absolute Gasteiger partial charge is 0.326 e. The molecule has 0 heterocycles. The van der Waals surface area contributed by atoms with Crippen LogP contribution in [0.1, 0.15) is 35.3 Å². The van der Waals surface area contributed by atoms with E-state index in [4.69, 9.17) is 11.6 Å². The zero-order valence-corrected chi connectivity index (χ0v) is 17.2. The summed E-state index contributed by atoms with van der Waals surface area (Å²) < 4.78 is 0. The fourth-order valence-electron chi connectivity index (χ4n) is 2.52. The van der Waals surface area contributed by atoms with Crippen LogP contribution in [0.15, 0.2) is 54.2 Å². The van der Waals surface area contributed by atoms with Crippen molar-refractivity contribution in [3.63, 3.8) is 0 Å². The minimum absolute atomic E-state index is 0.0650. The molecule has 0 saturated heterocycles. The molecule has 3 N–H and O–H groups in total. The van der Waals surface area contributed by atoms with E-state index in [-0.39, 0.29) is 11.6 Å². The predicted octanol–water partition coefficient (Wildman–Crippen LogP) is 3.64. The number of amides is 2. The SMILES string of the molecule is Cc1ccc(C(=O)N/C(=C/c2ccc(Cl)cc2)C(=O)NC(C(=O)O)C(C)C)cc1. The Morgan fingerprint density at radius 1 is 1.00 bits per heavy atom. The fourth-order valence-corrected chi connectivity index (χ4v) is 2.64. The topological polar surface area (TPSA) is 95.5 Å². The van der Waals surface area contributed by atoms with Gasteiger partial charge in [-0.25, -0.2) is 4.79 Å². The van der Waals surface area contributed by atoms with Crippen LogP contribution >= 0.6 is 11.6 Å². The number of carbonyl (C=O) groups excluding carboxylic acids is 2. The third-order valence-corrected chi connectivity index (χ3v) is 4.46. The number of benzene rings is 2. The molecule has 0 aromatic heterocycles. The van der Waals surface area contributed by atoms with Crippen LogP contribution in [0.5, 0.6) is 0 Å². The van der Waals surface area contributed by atoms with Gasteiger partial charge in [-0.1, -0.05) is 55.3 Å². The molecule has 0 aliphatic rings. The minimum atomic E-state index is -1.15. The van der Waals surface area contributed by atoms with Crippen LogP contribution in [0, 0.1) is 12.8 Å². The van der Waals surface area contributed by atoms with Crippen LogP contribution in [-0.4, -0.2) is 28.9 Å². The van der Waals surface area contributed by atoms with Crippen molar-refractivity contribution in [3.05, 3.63) is 75.9 Å². The predicted molar refractivity (Wildman–Crippen MR) is 112 cm³/mol. The summed E-state index contributed by atoms with van der Waals surface area (Å²) in [6.07, 6.45) is 1.47. The van der Waals surface area contributed by atoms with Crippen LogP contribution in [0.3, 0.4) is 0 Å². The number of rotatable bonds is 7. The van der Waals surface area contributed by atoms with Gasteiger partial charge >= 0.3 is 5.97 Å². The molecule has 0 fully saturated rings. The number of aliphatic carboxylic acids is 1. The number of carbonyl (C=O) groups is 3. The molecule has 7 heteroatoms. The van der Waals surface area contributed by atoms with Crippen LogP contribution in [0.4, 0.5) is 0 Å². The average molecular weight is 415 g/mol. The van der Waals surface area contributed by atoms with Crippen molar-refractivity contribution in [2.45, 2.75) is 26.8 Å². The summed E-state index contributed by atoms with van der Waals surface area (Å²) in [5, 5.41) is 14.9. The second-order valence-corrected chi connectivity index (χ2v) is 7.40. The Morgan fingerprint density at radius 3 is 2.10 bits per heavy atom. The highest BCUT2D eigenvalue weighted by Gasteiger charge is 2.25. The van der Waals surface area contributed by atoms with Gasteiger partial charge in [0.15, 0.2) is 0 Å². The van der Waals surface area contributed by atoms with Gasteiger partial charge in [-0.05, 0) is 48.7 Å². The molecule has 6 nitrogen and oxygen atoms in total. The van der Waals surface area contributed by atoms with Gasteiger partial charge < -0.3 is 15.7 Å². The fraction of sp³-hybridized carbons (Fsp3) is 0.227. The monoisotopic (exact) mass is 414 g/mol. The molecular formula is C22H23ClN2O4. The van der Waals surface area contributed by atoms with E-state index in [0.29, 0.717) is 16.1 Å². The van der Waals surface area contributed by atoms with Crippen molar-refractivity contribution in [1.82, 2.24) is 10.6 Å². The second-order valence-electron chi connectivity index (χ2n) is 6.96. The first-order valence-corrected chi connectivity index (χ1v) is 9.44. The molecule has 0 spiro atoms. The maximum Gasteiger partial charge on any atom is 0.326 e. The summed E-state index contributed by atoms with van der Waals surface area (Å²) in [5.74, 6) is -2.65. The summed E-state index contributed by atoms with van der Waals surface area (Å²) in [6, 6.07) is 12.5. The Balaban J connectivity index is 2.33. The van der Waals surface area contributed by atoms with E-state index < -0.39 is 23.8 Å². The van der Waals surface area contributed by atoms with Gasteiger partial charge in [0, 0.05) is 10.6 Å². The maximum absolute atomic E-state index is 12.8. The van der Waals surface area contributed by atoms with Gasteiger partial charge in [0.05, 0.1) is 0 Å². The quantitative estimate of drug-likeness (QED) is 0.602. The Bertz CT molecular complexity index is 919. The number of aryl methyl sites for hydroxylation is 1. The molecule has 0 bridgehead atoms. The number of hydrogen-bond donors (Lipinski definition) is 3. The van der Waals surface area contributed by atoms with E-state index in [2.05, 4.69) is 10.6 Å².